The first-order valence-corrected chi connectivity index (χ1v) is 5.08. The van der Waals surface area contributed by atoms with Crippen molar-refractivity contribution in [3.8, 4) is 0 Å². The molecule has 0 N–H and O–H groups in total. The van der Waals surface area contributed by atoms with Gasteiger partial charge in [-0.05, 0) is 11.6 Å². The molecule has 0 saturated carbocycles. The number of azide groups is 1. The van der Waals surface area contributed by atoms with Crippen molar-refractivity contribution in [1.82, 2.24) is 0 Å². The molecule has 0 aliphatic heterocycles. The molecule has 84 valence electrons. The maximum Gasteiger partial charge on any atom is 0.270 e. The summed E-state index contributed by atoms with van der Waals surface area (Å²) in [5.74, 6) is -1.22. The van der Waals surface area contributed by atoms with E-state index in [4.69, 9.17) is 5.53 Å². The number of hydrogen-bond acceptors (Lipinski definition) is 4. The van der Waals surface area contributed by atoms with Crippen molar-refractivity contribution >= 4 is 15.7 Å². The average Bonchev–Trinajstić information content (AvgIpc) is 2.17. The van der Waals surface area contributed by atoms with Gasteiger partial charge in [-0.15, -0.1) is 0 Å². The normalized spacial score (nSPS) is 10.6. The SMILES string of the molecule is [N-]=[N+]=NS(=O)(=O)c1cc([N+](=O)[O-])ccc1F. The van der Waals surface area contributed by atoms with E-state index in [1.54, 1.807) is 0 Å². The van der Waals surface area contributed by atoms with Crippen LogP contribution in [0.4, 0.5) is 10.1 Å². The minimum Gasteiger partial charge on any atom is -0.258 e. The van der Waals surface area contributed by atoms with E-state index in [0.717, 1.165) is 6.07 Å². The number of non-ortho nitro benzene ring substituents is 1. The molecule has 0 aliphatic carbocycles. The van der Waals surface area contributed by atoms with E-state index in [9.17, 15) is 22.9 Å². The van der Waals surface area contributed by atoms with Crippen LogP contribution < -0.4 is 0 Å². The number of nitrogens with zero attached hydrogens (tertiary/aromatic N) is 4. The Balaban J connectivity index is 3.50. The van der Waals surface area contributed by atoms with Gasteiger partial charge in [0, 0.05) is 21.6 Å². The Labute approximate surface area is 88.1 Å². The second-order valence-corrected chi connectivity index (χ2v) is 4.07. The summed E-state index contributed by atoms with van der Waals surface area (Å²) in [5, 5.41) is 10.3. The molecule has 0 atom stereocenters. The summed E-state index contributed by atoms with van der Waals surface area (Å²) >= 11 is 0. The Hall–Kier alpha value is -2.19. The maximum atomic E-state index is 13.1. The molecule has 0 radical (unpaired) electrons. The first kappa shape index (κ1) is 11.9. The number of hydrogen-bond donors (Lipinski definition) is 0. The molecular weight excluding hydrogens is 243 g/mol. The van der Waals surface area contributed by atoms with Crippen molar-refractivity contribution in [3.63, 3.8) is 0 Å². The van der Waals surface area contributed by atoms with Crippen molar-refractivity contribution in [2.45, 2.75) is 4.90 Å². The molecule has 0 fully saturated rings. The smallest absolute Gasteiger partial charge is 0.258 e. The van der Waals surface area contributed by atoms with Crippen LogP contribution in [0.15, 0.2) is 27.6 Å². The number of nitro benzene ring substituents is 1. The van der Waals surface area contributed by atoms with Crippen LogP contribution in [0.2, 0.25) is 0 Å². The summed E-state index contributed by atoms with van der Waals surface area (Å²) in [6.45, 7) is 0. The fourth-order valence-corrected chi connectivity index (χ4v) is 1.66. The second kappa shape index (κ2) is 4.13. The van der Waals surface area contributed by atoms with E-state index < -0.39 is 31.3 Å². The summed E-state index contributed by atoms with van der Waals surface area (Å²) in [6.07, 6.45) is 0. The maximum absolute atomic E-state index is 13.1. The number of sulfonamides is 1. The highest BCUT2D eigenvalue weighted by atomic mass is 32.2. The second-order valence-electron chi connectivity index (χ2n) is 2.52. The molecule has 0 saturated heterocycles. The quantitative estimate of drug-likeness (QED) is 0.264. The lowest BCUT2D eigenvalue weighted by atomic mass is 10.3. The predicted molar refractivity (Wildman–Crippen MR) is 49.4 cm³/mol. The Bertz CT molecular complexity index is 593. The fraction of sp³-hybridized carbons (Fsp3) is 0. The van der Waals surface area contributed by atoms with E-state index in [1.165, 1.54) is 0 Å². The number of benzene rings is 1. The molecule has 0 heterocycles. The molecule has 0 aromatic heterocycles. The van der Waals surface area contributed by atoms with Crippen molar-refractivity contribution in [1.29, 1.82) is 0 Å². The first-order valence-electron chi connectivity index (χ1n) is 3.64. The van der Waals surface area contributed by atoms with Gasteiger partial charge in [-0.3, -0.25) is 10.1 Å². The summed E-state index contributed by atoms with van der Waals surface area (Å²) in [6, 6.07) is 1.89. The molecule has 1 aromatic rings. The third kappa shape index (κ3) is 2.24. The van der Waals surface area contributed by atoms with Crippen LogP contribution in [0.1, 0.15) is 0 Å². The Morgan fingerprint density at radius 3 is 2.62 bits per heavy atom. The van der Waals surface area contributed by atoms with Gasteiger partial charge in [-0.25, -0.2) is 12.8 Å². The van der Waals surface area contributed by atoms with Gasteiger partial charge < -0.3 is 0 Å². The molecule has 8 nitrogen and oxygen atoms in total. The zero-order chi connectivity index (χ0) is 12.3. The monoisotopic (exact) mass is 246 g/mol. The van der Waals surface area contributed by atoms with Crippen molar-refractivity contribution in [2.75, 3.05) is 0 Å². The molecular formula is C6H3FN4O4S. The lowest BCUT2D eigenvalue weighted by Gasteiger charge is -1.99. The van der Waals surface area contributed by atoms with Gasteiger partial charge in [0.15, 0.2) is 0 Å². The molecule has 0 amide bonds. The van der Waals surface area contributed by atoms with Crippen molar-refractivity contribution < 1.29 is 17.7 Å². The van der Waals surface area contributed by atoms with Crippen LogP contribution in [0.5, 0.6) is 0 Å². The van der Waals surface area contributed by atoms with E-state index in [2.05, 4.69) is 4.52 Å². The van der Waals surface area contributed by atoms with Gasteiger partial charge in [-0.1, -0.05) is 0 Å². The zero-order valence-electron chi connectivity index (χ0n) is 7.44. The van der Waals surface area contributed by atoms with Crippen LogP contribution in [0.25, 0.3) is 10.4 Å². The van der Waals surface area contributed by atoms with E-state index in [1.807, 2.05) is 4.91 Å². The summed E-state index contributed by atoms with van der Waals surface area (Å²) < 4.78 is 37.7. The predicted octanol–water partition coefficient (Wildman–Crippen LogP) is 1.73. The van der Waals surface area contributed by atoms with Crippen LogP contribution in [-0.2, 0) is 10.0 Å². The van der Waals surface area contributed by atoms with Gasteiger partial charge in [0.1, 0.15) is 10.7 Å². The molecule has 1 rings (SSSR count). The number of nitro groups is 1. The summed E-state index contributed by atoms with van der Waals surface area (Å²) in [5.41, 5.74) is 7.34. The highest BCUT2D eigenvalue weighted by Crippen LogP contribution is 2.22. The topological polar surface area (TPSA) is 126 Å². The van der Waals surface area contributed by atoms with Gasteiger partial charge >= 0.3 is 0 Å². The molecule has 16 heavy (non-hydrogen) atoms. The third-order valence-electron chi connectivity index (χ3n) is 1.55. The third-order valence-corrected chi connectivity index (χ3v) is 2.70. The molecule has 1 aromatic carbocycles. The standard InChI is InChI=1S/C6H3FN4O4S/c7-5-2-1-4(11(12)13)3-6(5)16(14,15)10-9-8/h1-3H. The molecule has 0 spiro atoms. The minimum absolute atomic E-state index is 0.485. The molecule has 0 unspecified atom stereocenters. The fourth-order valence-electron chi connectivity index (χ4n) is 0.895. The summed E-state index contributed by atoms with van der Waals surface area (Å²) in [7, 11) is -4.57. The average molecular weight is 246 g/mol. The van der Waals surface area contributed by atoms with E-state index >= 15 is 0 Å². The van der Waals surface area contributed by atoms with Crippen LogP contribution >= 0.6 is 0 Å². The highest BCUT2D eigenvalue weighted by molar-refractivity contribution is 7.90. The minimum atomic E-state index is -4.57. The highest BCUT2D eigenvalue weighted by Gasteiger charge is 2.21. The lowest BCUT2D eigenvalue weighted by molar-refractivity contribution is -0.385. The Morgan fingerprint density at radius 1 is 1.50 bits per heavy atom. The van der Waals surface area contributed by atoms with E-state index in [0.29, 0.717) is 12.1 Å². The molecule has 0 aliphatic rings. The summed E-state index contributed by atoms with van der Waals surface area (Å²) in [4.78, 5) is 10.4. The largest absolute Gasteiger partial charge is 0.270 e. The number of rotatable bonds is 3. The van der Waals surface area contributed by atoms with Crippen LogP contribution in [0, 0.1) is 15.9 Å². The van der Waals surface area contributed by atoms with Gasteiger partial charge in [-0.2, -0.15) is 0 Å². The van der Waals surface area contributed by atoms with Gasteiger partial charge in [0.25, 0.3) is 15.7 Å². The Morgan fingerprint density at radius 2 is 2.12 bits per heavy atom. The number of halogens is 1. The van der Waals surface area contributed by atoms with Gasteiger partial charge in [0.05, 0.1) is 4.92 Å². The van der Waals surface area contributed by atoms with Crippen LogP contribution in [0.3, 0.4) is 0 Å². The first-order chi connectivity index (χ1) is 7.38. The Kier molecular flexibility index (Phi) is 3.06. The molecule has 0 bridgehead atoms. The van der Waals surface area contributed by atoms with E-state index in [-0.39, 0.29) is 0 Å². The van der Waals surface area contributed by atoms with Crippen molar-refractivity contribution in [2.24, 2.45) is 4.52 Å². The molecule has 10 heteroatoms. The lowest BCUT2D eigenvalue weighted by Crippen LogP contribution is -2.00. The zero-order valence-corrected chi connectivity index (χ0v) is 8.26. The van der Waals surface area contributed by atoms with Crippen LogP contribution in [-0.4, -0.2) is 13.3 Å². The van der Waals surface area contributed by atoms with Crippen molar-refractivity contribution in [3.05, 3.63) is 44.6 Å². The van der Waals surface area contributed by atoms with Gasteiger partial charge in [0.2, 0.25) is 0 Å².